The third kappa shape index (κ3) is 3.00. The lowest BCUT2D eigenvalue weighted by Gasteiger charge is -2.34. The number of aryl methyl sites for hydroxylation is 1. The molecule has 1 saturated heterocycles. The monoisotopic (exact) mass is 282 g/mol. The molecule has 0 radical (unpaired) electrons. The van der Waals surface area contributed by atoms with E-state index in [1.807, 2.05) is 12.2 Å². The lowest BCUT2D eigenvalue weighted by molar-refractivity contribution is 0.484. The highest BCUT2D eigenvalue weighted by atomic mass is 15.3. The summed E-state index contributed by atoms with van der Waals surface area (Å²) < 4.78 is 0. The largest absolute Gasteiger partial charge is 0.368 e. The van der Waals surface area contributed by atoms with Crippen LogP contribution in [0.1, 0.15) is 18.1 Å². The molecular formula is C17H22N4. The number of nitrogens with one attached hydrogen (secondary N) is 2. The van der Waals surface area contributed by atoms with Crippen LogP contribution in [0.25, 0.3) is 0 Å². The fraction of sp³-hybridized carbons (Fsp3) is 0.353. The number of hydrazone groups is 1. The normalized spacial score (nSPS) is 22.0. The van der Waals surface area contributed by atoms with E-state index in [1.54, 1.807) is 0 Å². The Balaban J connectivity index is 1.83. The molecule has 1 aromatic rings. The molecule has 1 fully saturated rings. The number of anilines is 1. The quantitative estimate of drug-likeness (QED) is 0.873. The third-order valence-electron chi connectivity index (χ3n) is 3.96. The van der Waals surface area contributed by atoms with Crippen LogP contribution in [0.5, 0.6) is 0 Å². The first-order chi connectivity index (χ1) is 10.1. The number of hydrogen-bond acceptors (Lipinski definition) is 4. The number of hydrogen-bond donors (Lipinski definition) is 2. The van der Waals surface area contributed by atoms with E-state index < -0.39 is 0 Å². The Morgan fingerprint density at radius 1 is 1.33 bits per heavy atom. The molecule has 21 heavy (non-hydrogen) atoms. The van der Waals surface area contributed by atoms with Crippen LogP contribution in [0.2, 0.25) is 0 Å². The van der Waals surface area contributed by atoms with Gasteiger partial charge in [0, 0.05) is 42.6 Å². The van der Waals surface area contributed by atoms with E-state index in [4.69, 9.17) is 0 Å². The zero-order chi connectivity index (χ0) is 14.8. The fourth-order valence-electron chi connectivity index (χ4n) is 2.87. The summed E-state index contributed by atoms with van der Waals surface area (Å²) in [4.78, 5) is 2.46. The maximum Gasteiger partial charge on any atom is 0.0906 e. The Hall–Kier alpha value is -2.07. The zero-order valence-electron chi connectivity index (χ0n) is 12.7. The molecule has 4 heteroatoms. The van der Waals surface area contributed by atoms with Crippen molar-refractivity contribution in [2.75, 3.05) is 24.5 Å². The second kappa shape index (κ2) is 5.74. The molecule has 2 aliphatic heterocycles. The second-order valence-corrected chi connectivity index (χ2v) is 5.77. The summed E-state index contributed by atoms with van der Waals surface area (Å²) in [5.41, 5.74) is 8.45. The Morgan fingerprint density at radius 3 is 2.86 bits per heavy atom. The highest BCUT2D eigenvalue weighted by Crippen LogP contribution is 2.23. The maximum atomic E-state index is 4.33. The van der Waals surface area contributed by atoms with Gasteiger partial charge in [0.1, 0.15) is 0 Å². The lowest BCUT2D eigenvalue weighted by atomic mass is 10.0. The van der Waals surface area contributed by atoms with Crippen LogP contribution in [0.3, 0.4) is 0 Å². The molecule has 0 unspecified atom stereocenters. The summed E-state index contributed by atoms with van der Waals surface area (Å²) in [6.45, 7) is 11.4. The van der Waals surface area contributed by atoms with Gasteiger partial charge >= 0.3 is 0 Å². The van der Waals surface area contributed by atoms with Crippen LogP contribution in [-0.4, -0.2) is 31.4 Å². The Bertz CT molecular complexity index is 615. The number of nitrogens with zero attached hydrogens (tertiary/aromatic N) is 2. The number of allylic oxidation sites excluding steroid dienone is 2. The zero-order valence-corrected chi connectivity index (χ0v) is 12.7. The molecule has 0 aliphatic carbocycles. The molecule has 0 amide bonds. The van der Waals surface area contributed by atoms with Crippen molar-refractivity contribution in [3.05, 3.63) is 53.8 Å². The van der Waals surface area contributed by atoms with E-state index in [2.05, 4.69) is 59.4 Å². The summed E-state index contributed by atoms with van der Waals surface area (Å²) in [6, 6.07) is 7.11. The van der Waals surface area contributed by atoms with Crippen LogP contribution in [-0.2, 0) is 0 Å². The molecule has 0 bridgehead atoms. The number of piperazine rings is 1. The SMILES string of the molecule is C=C1C=CC(c2ccc(N3CCN[C@@H](C)C3)c(C)c2)=NN1. The van der Waals surface area contributed by atoms with Gasteiger partial charge in [-0.25, -0.2) is 0 Å². The standard InChI is InChI=1S/C17H22N4/c1-12-10-15(16-6-4-13(2)19-20-16)5-7-17(12)21-9-8-18-14(3)11-21/h4-7,10,14,18-19H,2,8-9,11H2,1,3H3/t14-/m0/s1. The van der Waals surface area contributed by atoms with Gasteiger partial charge in [0.05, 0.1) is 5.71 Å². The topological polar surface area (TPSA) is 39.7 Å². The molecule has 2 N–H and O–H groups in total. The fourth-order valence-corrected chi connectivity index (χ4v) is 2.87. The van der Waals surface area contributed by atoms with E-state index in [0.29, 0.717) is 6.04 Å². The molecule has 2 heterocycles. The molecule has 2 aliphatic rings. The second-order valence-electron chi connectivity index (χ2n) is 5.77. The minimum atomic E-state index is 0.540. The van der Waals surface area contributed by atoms with Gasteiger partial charge in [-0.2, -0.15) is 5.10 Å². The average Bonchev–Trinajstić information content (AvgIpc) is 2.48. The van der Waals surface area contributed by atoms with Gasteiger partial charge in [0.2, 0.25) is 0 Å². The number of rotatable bonds is 2. The van der Waals surface area contributed by atoms with Crippen molar-refractivity contribution in [1.29, 1.82) is 0 Å². The van der Waals surface area contributed by atoms with Crippen LogP contribution >= 0.6 is 0 Å². The van der Waals surface area contributed by atoms with Crippen molar-refractivity contribution in [3.63, 3.8) is 0 Å². The minimum Gasteiger partial charge on any atom is -0.368 e. The van der Waals surface area contributed by atoms with E-state index in [-0.39, 0.29) is 0 Å². The molecule has 3 rings (SSSR count). The lowest BCUT2D eigenvalue weighted by Crippen LogP contribution is -2.49. The highest BCUT2D eigenvalue weighted by molar-refractivity contribution is 6.09. The summed E-state index contributed by atoms with van der Waals surface area (Å²) in [6.07, 6.45) is 3.95. The molecule has 0 saturated carbocycles. The molecule has 1 atom stereocenters. The summed E-state index contributed by atoms with van der Waals surface area (Å²) in [7, 11) is 0. The van der Waals surface area contributed by atoms with Gasteiger partial charge in [-0.1, -0.05) is 12.6 Å². The molecule has 0 spiro atoms. The Labute approximate surface area is 126 Å². The van der Waals surface area contributed by atoms with Gasteiger partial charge in [-0.3, -0.25) is 5.43 Å². The Morgan fingerprint density at radius 2 is 2.19 bits per heavy atom. The van der Waals surface area contributed by atoms with Gasteiger partial charge in [0.25, 0.3) is 0 Å². The summed E-state index contributed by atoms with van der Waals surface area (Å²) in [5.74, 6) is 0. The van der Waals surface area contributed by atoms with Gasteiger partial charge in [-0.05, 0) is 43.7 Å². The first-order valence-electron chi connectivity index (χ1n) is 7.43. The van der Waals surface area contributed by atoms with Crippen LogP contribution in [0.15, 0.2) is 47.7 Å². The first-order valence-corrected chi connectivity index (χ1v) is 7.43. The summed E-state index contributed by atoms with van der Waals surface area (Å²) in [5, 5.41) is 7.81. The average molecular weight is 282 g/mol. The molecule has 1 aromatic carbocycles. The van der Waals surface area contributed by atoms with Crippen LogP contribution < -0.4 is 15.6 Å². The van der Waals surface area contributed by atoms with Crippen LogP contribution in [0, 0.1) is 6.92 Å². The van der Waals surface area contributed by atoms with Crippen molar-refractivity contribution >= 4 is 11.4 Å². The predicted octanol–water partition coefficient (Wildman–Crippen LogP) is 2.17. The van der Waals surface area contributed by atoms with Crippen LogP contribution in [0.4, 0.5) is 5.69 Å². The van der Waals surface area contributed by atoms with E-state index >= 15 is 0 Å². The smallest absolute Gasteiger partial charge is 0.0906 e. The van der Waals surface area contributed by atoms with Crippen molar-refractivity contribution < 1.29 is 0 Å². The summed E-state index contributed by atoms with van der Waals surface area (Å²) >= 11 is 0. The number of benzene rings is 1. The third-order valence-corrected chi connectivity index (χ3v) is 3.96. The molecule has 4 nitrogen and oxygen atoms in total. The van der Waals surface area contributed by atoms with E-state index in [0.717, 1.165) is 36.6 Å². The molecular weight excluding hydrogens is 260 g/mol. The van der Waals surface area contributed by atoms with Crippen molar-refractivity contribution in [3.8, 4) is 0 Å². The van der Waals surface area contributed by atoms with Crippen molar-refractivity contribution in [1.82, 2.24) is 10.7 Å². The van der Waals surface area contributed by atoms with Gasteiger partial charge in [-0.15, -0.1) is 0 Å². The minimum absolute atomic E-state index is 0.540. The Kier molecular flexibility index (Phi) is 3.80. The van der Waals surface area contributed by atoms with Crippen molar-refractivity contribution in [2.24, 2.45) is 5.10 Å². The van der Waals surface area contributed by atoms with Gasteiger partial charge in [0.15, 0.2) is 0 Å². The van der Waals surface area contributed by atoms with Crippen molar-refractivity contribution in [2.45, 2.75) is 19.9 Å². The maximum absolute atomic E-state index is 4.33. The molecule has 0 aromatic heterocycles. The van der Waals surface area contributed by atoms with E-state index in [1.165, 1.54) is 11.3 Å². The van der Waals surface area contributed by atoms with E-state index in [9.17, 15) is 0 Å². The molecule has 110 valence electrons. The first kappa shape index (κ1) is 13.9. The predicted molar refractivity (Wildman–Crippen MR) is 88.8 cm³/mol. The van der Waals surface area contributed by atoms with Gasteiger partial charge < -0.3 is 10.2 Å². The highest BCUT2D eigenvalue weighted by Gasteiger charge is 2.17.